The van der Waals surface area contributed by atoms with Gasteiger partial charge in [-0.05, 0) is 46.3 Å². The topological polar surface area (TPSA) is 55.2 Å². The number of nitro groups is 1. The molecule has 0 heterocycles. The fraction of sp³-hybridized carbons (Fsp3) is 0.538. The van der Waals surface area contributed by atoms with E-state index in [1.807, 2.05) is 17.8 Å². The maximum absolute atomic E-state index is 10.8. The minimum atomic E-state index is -0.366. The molecule has 1 rings (SSSR count). The molecule has 0 aliphatic carbocycles. The molecule has 106 valence electrons. The van der Waals surface area contributed by atoms with Gasteiger partial charge in [0.05, 0.1) is 9.40 Å². The summed E-state index contributed by atoms with van der Waals surface area (Å²) >= 11 is 5.24. The summed E-state index contributed by atoms with van der Waals surface area (Å²) < 4.78 is 0.572. The van der Waals surface area contributed by atoms with Crippen LogP contribution in [0.5, 0.6) is 0 Å². The molecule has 6 heteroatoms. The lowest BCUT2D eigenvalue weighted by Gasteiger charge is -2.14. The molecule has 1 aromatic carbocycles. The monoisotopic (exact) mass is 346 g/mol. The zero-order valence-electron chi connectivity index (χ0n) is 11.2. The van der Waals surface area contributed by atoms with E-state index in [2.05, 4.69) is 35.1 Å². The van der Waals surface area contributed by atoms with Gasteiger partial charge >= 0.3 is 0 Å². The molecular formula is C13H19BrN2O2S. The zero-order chi connectivity index (χ0) is 14.3. The molecular weight excluding hydrogens is 328 g/mol. The van der Waals surface area contributed by atoms with Crippen LogP contribution in [0, 0.1) is 10.1 Å². The van der Waals surface area contributed by atoms with Crippen molar-refractivity contribution in [1.82, 2.24) is 5.32 Å². The molecule has 0 aliphatic rings. The maximum atomic E-state index is 10.8. The van der Waals surface area contributed by atoms with E-state index in [0.29, 0.717) is 17.1 Å². The molecule has 0 aromatic heterocycles. The van der Waals surface area contributed by atoms with Crippen LogP contribution in [0.2, 0.25) is 0 Å². The van der Waals surface area contributed by atoms with E-state index >= 15 is 0 Å². The van der Waals surface area contributed by atoms with Crippen molar-refractivity contribution >= 4 is 33.4 Å². The van der Waals surface area contributed by atoms with Gasteiger partial charge in [-0.1, -0.05) is 19.1 Å². The first-order valence-electron chi connectivity index (χ1n) is 6.29. The Hall–Kier alpha value is -0.590. The number of thioether (sulfide) groups is 1. The van der Waals surface area contributed by atoms with Crippen LogP contribution in [0.25, 0.3) is 0 Å². The summed E-state index contributed by atoms with van der Waals surface area (Å²) in [6.45, 7) is 4.94. The first-order valence-corrected chi connectivity index (χ1v) is 8.24. The van der Waals surface area contributed by atoms with E-state index in [4.69, 9.17) is 0 Å². The van der Waals surface area contributed by atoms with Gasteiger partial charge in [-0.25, -0.2) is 0 Å². The number of nitrogens with one attached hydrogen (secondary N) is 1. The smallest absolute Gasteiger partial charge is 0.283 e. The Kier molecular flexibility index (Phi) is 7.41. The second-order valence-corrected chi connectivity index (χ2v) is 6.46. The van der Waals surface area contributed by atoms with Gasteiger partial charge in [0.2, 0.25) is 0 Å². The van der Waals surface area contributed by atoms with E-state index in [1.54, 1.807) is 6.07 Å². The average molecular weight is 347 g/mol. The quantitative estimate of drug-likeness (QED) is 0.439. The summed E-state index contributed by atoms with van der Waals surface area (Å²) in [5.41, 5.74) is 1.04. The van der Waals surface area contributed by atoms with Gasteiger partial charge in [-0.3, -0.25) is 10.1 Å². The van der Waals surface area contributed by atoms with Gasteiger partial charge < -0.3 is 5.32 Å². The van der Waals surface area contributed by atoms with E-state index in [1.165, 1.54) is 6.07 Å². The largest absolute Gasteiger partial charge is 0.310 e. The lowest BCUT2D eigenvalue weighted by atomic mass is 10.2. The standard InChI is InChI=1S/C13H19BrN2O2S/c1-3-19-8-7-10(2)15-9-11-5-4-6-12(13(11)14)16(17)18/h4-6,10,15H,3,7-9H2,1-2H3. The summed E-state index contributed by atoms with van der Waals surface area (Å²) in [4.78, 5) is 10.5. The van der Waals surface area contributed by atoms with Crippen molar-refractivity contribution in [2.45, 2.75) is 32.9 Å². The minimum Gasteiger partial charge on any atom is -0.310 e. The lowest BCUT2D eigenvalue weighted by molar-refractivity contribution is -0.385. The van der Waals surface area contributed by atoms with Crippen molar-refractivity contribution in [3.63, 3.8) is 0 Å². The number of hydrogen-bond donors (Lipinski definition) is 1. The Morgan fingerprint density at radius 2 is 2.26 bits per heavy atom. The summed E-state index contributed by atoms with van der Waals surface area (Å²) in [7, 11) is 0. The number of nitrogens with zero attached hydrogens (tertiary/aromatic N) is 1. The molecule has 0 amide bonds. The second kappa shape index (κ2) is 8.55. The summed E-state index contributed by atoms with van der Waals surface area (Å²) in [6.07, 6.45) is 1.10. The molecule has 0 radical (unpaired) electrons. The number of rotatable bonds is 8. The van der Waals surface area contributed by atoms with Gasteiger partial charge in [0.15, 0.2) is 0 Å². The number of hydrogen-bond acceptors (Lipinski definition) is 4. The van der Waals surface area contributed by atoms with E-state index in [-0.39, 0.29) is 10.6 Å². The van der Waals surface area contributed by atoms with E-state index < -0.39 is 0 Å². The molecule has 4 nitrogen and oxygen atoms in total. The number of halogens is 1. The zero-order valence-corrected chi connectivity index (χ0v) is 13.6. The molecule has 1 atom stereocenters. The third-order valence-electron chi connectivity index (χ3n) is 2.80. The van der Waals surface area contributed by atoms with Crippen LogP contribution in [0.4, 0.5) is 5.69 Å². The fourth-order valence-corrected chi connectivity index (χ4v) is 2.99. The van der Waals surface area contributed by atoms with Gasteiger partial charge in [0.1, 0.15) is 0 Å². The molecule has 1 aromatic rings. The highest BCUT2D eigenvalue weighted by molar-refractivity contribution is 9.10. The van der Waals surface area contributed by atoms with E-state index in [0.717, 1.165) is 23.5 Å². The van der Waals surface area contributed by atoms with Crippen LogP contribution >= 0.6 is 27.7 Å². The van der Waals surface area contributed by atoms with Crippen molar-refractivity contribution in [3.05, 3.63) is 38.3 Å². The molecule has 0 bridgehead atoms. The third kappa shape index (κ3) is 5.50. The normalized spacial score (nSPS) is 12.4. The van der Waals surface area contributed by atoms with Crippen LogP contribution in [-0.2, 0) is 6.54 Å². The highest BCUT2D eigenvalue weighted by atomic mass is 79.9. The highest BCUT2D eigenvalue weighted by Gasteiger charge is 2.14. The minimum absolute atomic E-state index is 0.119. The fourth-order valence-electron chi connectivity index (χ4n) is 1.63. The van der Waals surface area contributed by atoms with Crippen molar-refractivity contribution < 1.29 is 4.92 Å². The highest BCUT2D eigenvalue weighted by Crippen LogP contribution is 2.28. The molecule has 0 aliphatic heterocycles. The summed E-state index contributed by atoms with van der Waals surface area (Å²) in [5.74, 6) is 2.28. The predicted molar refractivity (Wildman–Crippen MR) is 84.7 cm³/mol. The first-order chi connectivity index (χ1) is 9.06. The lowest BCUT2D eigenvalue weighted by Crippen LogP contribution is -2.26. The molecule has 0 saturated carbocycles. The van der Waals surface area contributed by atoms with Gasteiger partial charge in [-0.2, -0.15) is 11.8 Å². The molecule has 0 fully saturated rings. The Morgan fingerprint density at radius 1 is 1.53 bits per heavy atom. The van der Waals surface area contributed by atoms with Crippen LogP contribution in [0.3, 0.4) is 0 Å². The predicted octanol–water partition coefficient (Wildman–Crippen LogP) is 3.98. The Morgan fingerprint density at radius 3 is 2.89 bits per heavy atom. The Labute approximate surface area is 126 Å². The molecule has 1 N–H and O–H groups in total. The molecule has 0 spiro atoms. The SMILES string of the molecule is CCSCCC(C)NCc1cccc([N+](=O)[O-])c1Br. The van der Waals surface area contributed by atoms with Crippen molar-refractivity contribution in [1.29, 1.82) is 0 Å². The summed E-state index contributed by atoms with van der Waals surface area (Å²) in [5, 5.41) is 14.2. The van der Waals surface area contributed by atoms with Crippen LogP contribution in [-0.4, -0.2) is 22.5 Å². The Balaban J connectivity index is 2.53. The van der Waals surface area contributed by atoms with Crippen molar-refractivity contribution in [2.24, 2.45) is 0 Å². The van der Waals surface area contributed by atoms with Gasteiger partial charge in [0, 0.05) is 18.7 Å². The van der Waals surface area contributed by atoms with Crippen molar-refractivity contribution in [2.75, 3.05) is 11.5 Å². The molecule has 0 saturated heterocycles. The van der Waals surface area contributed by atoms with Gasteiger partial charge in [-0.15, -0.1) is 0 Å². The second-order valence-electron chi connectivity index (χ2n) is 4.27. The molecule has 19 heavy (non-hydrogen) atoms. The number of nitro benzene ring substituents is 1. The Bertz CT molecular complexity index is 429. The summed E-state index contributed by atoms with van der Waals surface area (Å²) in [6, 6.07) is 5.54. The van der Waals surface area contributed by atoms with E-state index in [9.17, 15) is 10.1 Å². The first kappa shape index (κ1) is 16.5. The van der Waals surface area contributed by atoms with Gasteiger partial charge in [0.25, 0.3) is 5.69 Å². The van der Waals surface area contributed by atoms with Crippen molar-refractivity contribution in [3.8, 4) is 0 Å². The van der Waals surface area contributed by atoms with Crippen LogP contribution in [0.15, 0.2) is 22.7 Å². The number of benzene rings is 1. The molecule has 1 unspecified atom stereocenters. The maximum Gasteiger partial charge on any atom is 0.283 e. The van der Waals surface area contributed by atoms with Crippen LogP contribution < -0.4 is 5.32 Å². The van der Waals surface area contributed by atoms with Crippen LogP contribution in [0.1, 0.15) is 25.8 Å². The average Bonchev–Trinajstić information content (AvgIpc) is 2.37. The third-order valence-corrected chi connectivity index (χ3v) is 4.64.